The Hall–Kier alpha value is -2.18. The molecule has 4 nitrogen and oxygen atoms in total. The van der Waals surface area contributed by atoms with Gasteiger partial charge in [0.2, 0.25) is 0 Å². The predicted octanol–water partition coefficient (Wildman–Crippen LogP) is 5.24. The number of carbonyl (C=O) groups is 1. The van der Waals surface area contributed by atoms with Gasteiger partial charge < -0.3 is 9.84 Å². The molecule has 1 heterocycles. The summed E-state index contributed by atoms with van der Waals surface area (Å²) in [4.78, 5) is 13.4. The Morgan fingerprint density at radius 2 is 2.00 bits per heavy atom. The van der Waals surface area contributed by atoms with E-state index >= 15 is 0 Å². The quantitative estimate of drug-likeness (QED) is 0.693. The van der Waals surface area contributed by atoms with Gasteiger partial charge in [-0.25, -0.2) is 13.6 Å². The molecule has 2 aromatic rings. The lowest BCUT2D eigenvalue weighted by atomic mass is 10.0. The van der Waals surface area contributed by atoms with Crippen molar-refractivity contribution < 1.29 is 23.4 Å². The Kier molecular flexibility index (Phi) is 5.74. The van der Waals surface area contributed by atoms with Gasteiger partial charge in [0.15, 0.2) is 0 Å². The lowest BCUT2D eigenvalue weighted by molar-refractivity contribution is 0.0690. The molecule has 0 bridgehead atoms. The Labute approximate surface area is 173 Å². The number of halogens is 3. The number of aromatic carboxylic acids is 1. The zero-order valence-corrected chi connectivity index (χ0v) is 16.6. The lowest BCUT2D eigenvalue weighted by Crippen LogP contribution is -2.40. The standard InChI is InChI=1S/C22H22ClF2NO3/c23-19-8-15(24)6-5-14(19)11-26-7-1-2-16(12-26)29-21-10-20(25)18(22(27)28)9-17(21)13-3-4-13/h5-6,8-10,13,16H,1-4,7,11-12H2,(H,27,28)/t16-/m1/s1. The summed E-state index contributed by atoms with van der Waals surface area (Å²) in [5.41, 5.74) is 1.32. The summed E-state index contributed by atoms with van der Waals surface area (Å²) in [6.07, 6.45) is 3.54. The van der Waals surface area contributed by atoms with Crippen LogP contribution in [0.5, 0.6) is 5.75 Å². The molecule has 1 N–H and O–H groups in total. The van der Waals surface area contributed by atoms with Crippen LogP contribution in [0.1, 0.15) is 53.1 Å². The highest BCUT2D eigenvalue weighted by Gasteiger charge is 2.31. The van der Waals surface area contributed by atoms with E-state index in [1.165, 1.54) is 24.3 Å². The Morgan fingerprint density at radius 3 is 2.69 bits per heavy atom. The summed E-state index contributed by atoms with van der Waals surface area (Å²) in [6, 6.07) is 7.03. The molecule has 1 saturated heterocycles. The van der Waals surface area contributed by atoms with Crippen molar-refractivity contribution in [2.45, 2.75) is 44.2 Å². The van der Waals surface area contributed by atoms with Gasteiger partial charge >= 0.3 is 5.97 Å². The van der Waals surface area contributed by atoms with Gasteiger partial charge in [-0.3, -0.25) is 4.90 Å². The number of likely N-dealkylation sites (tertiary alicyclic amines) is 1. The molecule has 1 aliphatic carbocycles. The van der Waals surface area contributed by atoms with E-state index in [-0.39, 0.29) is 23.4 Å². The average molecular weight is 422 g/mol. The molecule has 2 aromatic carbocycles. The molecule has 154 valence electrons. The highest BCUT2D eigenvalue weighted by atomic mass is 35.5. The first kappa shape index (κ1) is 20.1. The molecule has 0 unspecified atom stereocenters. The molecule has 29 heavy (non-hydrogen) atoms. The van der Waals surface area contributed by atoms with Crippen molar-refractivity contribution in [2.24, 2.45) is 0 Å². The summed E-state index contributed by atoms with van der Waals surface area (Å²) in [5.74, 6) is -1.72. The minimum atomic E-state index is -1.27. The maximum Gasteiger partial charge on any atom is 0.338 e. The topological polar surface area (TPSA) is 49.8 Å². The van der Waals surface area contributed by atoms with Crippen LogP contribution in [-0.2, 0) is 6.54 Å². The molecule has 0 spiro atoms. The number of hydrogen-bond donors (Lipinski definition) is 1. The molecule has 1 aliphatic heterocycles. The van der Waals surface area contributed by atoms with Crippen LogP contribution in [-0.4, -0.2) is 35.2 Å². The van der Waals surface area contributed by atoms with Crippen molar-refractivity contribution in [2.75, 3.05) is 13.1 Å². The lowest BCUT2D eigenvalue weighted by Gasteiger charge is -2.33. The van der Waals surface area contributed by atoms with Crippen molar-refractivity contribution in [1.82, 2.24) is 4.90 Å². The van der Waals surface area contributed by atoms with Crippen molar-refractivity contribution in [3.8, 4) is 5.75 Å². The molecule has 2 fully saturated rings. The number of carboxylic acid groups (broad SMARTS) is 1. The summed E-state index contributed by atoms with van der Waals surface area (Å²) >= 11 is 6.15. The van der Waals surface area contributed by atoms with Crippen molar-refractivity contribution >= 4 is 17.6 Å². The SMILES string of the molecule is O=C(O)c1cc(C2CC2)c(O[C@@H]2CCCN(Cc3ccc(F)cc3Cl)C2)cc1F. The van der Waals surface area contributed by atoms with Crippen LogP contribution in [0.15, 0.2) is 30.3 Å². The molecule has 0 amide bonds. The van der Waals surface area contributed by atoms with Crippen LogP contribution in [0, 0.1) is 11.6 Å². The summed E-state index contributed by atoms with van der Waals surface area (Å²) in [6.45, 7) is 2.09. The number of benzene rings is 2. The Balaban J connectivity index is 1.48. The van der Waals surface area contributed by atoms with Crippen molar-refractivity contribution in [3.05, 3.63) is 63.7 Å². The Bertz CT molecular complexity index is 933. The van der Waals surface area contributed by atoms with Gasteiger partial charge in [0.25, 0.3) is 0 Å². The molecule has 1 atom stereocenters. The van der Waals surface area contributed by atoms with E-state index in [1.807, 2.05) is 0 Å². The van der Waals surface area contributed by atoms with Crippen LogP contribution < -0.4 is 4.74 Å². The van der Waals surface area contributed by atoms with E-state index in [0.717, 1.165) is 43.4 Å². The summed E-state index contributed by atoms with van der Waals surface area (Å²) < 4.78 is 33.7. The number of ether oxygens (including phenoxy) is 1. The molecule has 0 aromatic heterocycles. The third-order valence-corrected chi connectivity index (χ3v) is 5.86. The number of piperidine rings is 1. The van der Waals surface area contributed by atoms with Crippen molar-refractivity contribution in [1.29, 1.82) is 0 Å². The Morgan fingerprint density at radius 1 is 1.21 bits per heavy atom. The molecule has 1 saturated carbocycles. The fourth-order valence-corrected chi connectivity index (χ4v) is 4.10. The average Bonchev–Trinajstić information content (AvgIpc) is 3.49. The second kappa shape index (κ2) is 8.28. The van der Waals surface area contributed by atoms with E-state index in [4.69, 9.17) is 16.3 Å². The van der Waals surface area contributed by atoms with E-state index < -0.39 is 11.8 Å². The van der Waals surface area contributed by atoms with Gasteiger partial charge in [-0.2, -0.15) is 0 Å². The van der Waals surface area contributed by atoms with Crippen LogP contribution in [0.2, 0.25) is 5.02 Å². The van der Waals surface area contributed by atoms with E-state index in [0.29, 0.717) is 23.9 Å². The fourth-order valence-electron chi connectivity index (χ4n) is 3.87. The van der Waals surface area contributed by atoms with Crippen LogP contribution >= 0.6 is 11.6 Å². The largest absolute Gasteiger partial charge is 0.489 e. The normalized spacial score (nSPS) is 19.9. The maximum atomic E-state index is 14.2. The third kappa shape index (κ3) is 4.70. The van der Waals surface area contributed by atoms with E-state index in [9.17, 15) is 18.7 Å². The third-order valence-electron chi connectivity index (χ3n) is 5.51. The van der Waals surface area contributed by atoms with Gasteiger partial charge in [-0.15, -0.1) is 0 Å². The zero-order valence-electron chi connectivity index (χ0n) is 15.8. The second-order valence-corrected chi connectivity index (χ2v) is 8.21. The molecule has 7 heteroatoms. The van der Waals surface area contributed by atoms with Gasteiger partial charge in [0, 0.05) is 24.2 Å². The first-order valence-corrected chi connectivity index (χ1v) is 10.2. The van der Waals surface area contributed by atoms with E-state index in [2.05, 4.69) is 4.90 Å². The second-order valence-electron chi connectivity index (χ2n) is 7.80. The van der Waals surface area contributed by atoms with E-state index in [1.54, 1.807) is 6.07 Å². The summed E-state index contributed by atoms with van der Waals surface area (Å²) in [7, 11) is 0. The molecular weight excluding hydrogens is 400 g/mol. The smallest absolute Gasteiger partial charge is 0.338 e. The van der Waals surface area contributed by atoms with Gasteiger partial charge in [-0.1, -0.05) is 17.7 Å². The first-order valence-electron chi connectivity index (χ1n) is 9.80. The van der Waals surface area contributed by atoms with Gasteiger partial charge in [-0.05, 0) is 67.5 Å². The predicted molar refractivity (Wildman–Crippen MR) is 106 cm³/mol. The molecule has 4 rings (SSSR count). The summed E-state index contributed by atoms with van der Waals surface area (Å²) in [5, 5.41) is 9.60. The van der Waals surface area contributed by atoms with Crippen LogP contribution in [0.25, 0.3) is 0 Å². The van der Waals surface area contributed by atoms with Crippen LogP contribution in [0.3, 0.4) is 0 Å². The van der Waals surface area contributed by atoms with Gasteiger partial charge in [0.1, 0.15) is 23.5 Å². The minimum Gasteiger partial charge on any atom is -0.489 e. The minimum absolute atomic E-state index is 0.129. The monoisotopic (exact) mass is 421 g/mol. The maximum absolute atomic E-state index is 14.2. The van der Waals surface area contributed by atoms with Gasteiger partial charge in [0.05, 0.1) is 5.56 Å². The number of rotatable bonds is 6. The fraction of sp³-hybridized carbons (Fsp3) is 0.409. The highest BCUT2D eigenvalue weighted by molar-refractivity contribution is 6.31. The molecule has 0 radical (unpaired) electrons. The molecule has 2 aliphatic rings. The number of carboxylic acids is 1. The number of nitrogens with zero attached hydrogens (tertiary/aromatic N) is 1. The number of hydrogen-bond acceptors (Lipinski definition) is 3. The molecular formula is C22H22ClF2NO3. The first-order chi connectivity index (χ1) is 13.9. The highest BCUT2D eigenvalue weighted by Crippen LogP contribution is 2.45. The van der Waals surface area contributed by atoms with Crippen molar-refractivity contribution in [3.63, 3.8) is 0 Å². The van der Waals surface area contributed by atoms with Crippen LogP contribution in [0.4, 0.5) is 8.78 Å². The zero-order chi connectivity index (χ0) is 20.5.